The molecule has 0 fully saturated rings. The molecule has 0 aliphatic heterocycles. The van der Waals surface area contributed by atoms with Crippen molar-refractivity contribution >= 4 is 23.5 Å². The summed E-state index contributed by atoms with van der Waals surface area (Å²) in [7, 11) is 1.32. The Balaban J connectivity index is 2.23. The molecule has 5 heteroatoms. The van der Waals surface area contributed by atoms with E-state index in [0.29, 0.717) is 10.6 Å². The number of carbonyl (C=O) groups excluding carboxylic acids is 2. The number of methoxy groups -OCH3 is 1. The molecule has 0 spiro atoms. The van der Waals surface area contributed by atoms with Crippen LogP contribution in [0.25, 0.3) is 0 Å². The van der Waals surface area contributed by atoms with E-state index in [1.165, 1.54) is 7.11 Å². The third kappa shape index (κ3) is 4.57. The van der Waals surface area contributed by atoms with Crippen LogP contribution in [0.4, 0.5) is 0 Å². The van der Waals surface area contributed by atoms with Crippen LogP contribution in [-0.4, -0.2) is 19.0 Å². The van der Waals surface area contributed by atoms with E-state index in [1.54, 1.807) is 36.4 Å². The van der Waals surface area contributed by atoms with Crippen LogP contribution in [0.2, 0.25) is 5.02 Å². The van der Waals surface area contributed by atoms with Crippen LogP contribution in [0.5, 0.6) is 0 Å². The molecule has 1 amide bonds. The van der Waals surface area contributed by atoms with Gasteiger partial charge in [-0.3, -0.25) is 9.59 Å². The van der Waals surface area contributed by atoms with E-state index >= 15 is 0 Å². The van der Waals surface area contributed by atoms with E-state index in [4.69, 9.17) is 16.3 Å². The summed E-state index contributed by atoms with van der Waals surface area (Å²) >= 11 is 5.89. The van der Waals surface area contributed by atoms with Gasteiger partial charge in [-0.05, 0) is 36.2 Å². The first-order chi connectivity index (χ1) is 11.0. The minimum absolute atomic E-state index is 0.0513. The zero-order valence-electron chi connectivity index (χ0n) is 13.0. The molecule has 4 nitrogen and oxygen atoms in total. The third-order valence-electron chi connectivity index (χ3n) is 3.57. The molecule has 120 valence electrons. The van der Waals surface area contributed by atoms with Gasteiger partial charge >= 0.3 is 5.97 Å². The summed E-state index contributed by atoms with van der Waals surface area (Å²) in [4.78, 5) is 24.1. The van der Waals surface area contributed by atoms with Gasteiger partial charge in [0.25, 0.3) is 5.91 Å². The van der Waals surface area contributed by atoms with E-state index in [9.17, 15) is 9.59 Å². The summed E-state index contributed by atoms with van der Waals surface area (Å²) in [5.41, 5.74) is 2.25. The Morgan fingerprint density at radius 2 is 1.78 bits per heavy atom. The Bertz CT molecular complexity index is 698. The Hall–Kier alpha value is -2.33. The lowest BCUT2D eigenvalue weighted by atomic mass is 10.0. The number of hydrogen-bond acceptors (Lipinski definition) is 3. The molecule has 0 radical (unpaired) electrons. The van der Waals surface area contributed by atoms with Gasteiger partial charge in [-0.1, -0.05) is 41.9 Å². The highest BCUT2D eigenvalue weighted by Gasteiger charge is 2.20. The summed E-state index contributed by atoms with van der Waals surface area (Å²) < 4.78 is 4.72. The van der Waals surface area contributed by atoms with Crippen molar-refractivity contribution in [2.24, 2.45) is 0 Å². The van der Waals surface area contributed by atoms with Gasteiger partial charge in [-0.2, -0.15) is 0 Å². The first-order valence-electron chi connectivity index (χ1n) is 7.20. The van der Waals surface area contributed by atoms with Gasteiger partial charge in [0.15, 0.2) is 0 Å². The van der Waals surface area contributed by atoms with Gasteiger partial charge in [-0.25, -0.2) is 0 Å². The number of amides is 1. The quantitative estimate of drug-likeness (QED) is 0.850. The highest BCUT2D eigenvalue weighted by Crippen LogP contribution is 2.21. The summed E-state index contributed by atoms with van der Waals surface area (Å²) in [5.74, 6) is -0.623. The molecule has 0 aliphatic carbocycles. The predicted molar refractivity (Wildman–Crippen MR) is 89.5 cm³/mol. The van der Waals surface area contributed by atoms with E-state index in [1.807, 2.05) is 19.1 Å². The van der Waals surface area contributed by atoms with Crippen molar-refractivity contribution in [2.75, 3.05) is 7.11 Å². The molecule has 0 aliphatic rings. The number of carbonyl (C=O) groups is 2. The molecule has 1 N–H and O–H groups in total. The molecule has 0 bridgehead atoms. The minimum atomic E-state index is -0.480. The minimum Gasteiger partial charge on any atom is -0.469 e. The molecule has 1 unspecified atom stereocenters. The lowest BCUT2D eigenvalue weighted by molar-refractivity contribution is -0.141. The molecule has 0 heterocycles. The third-order valence-corrected chi connectivity index (χ3v) is 3.82. The average Bonchev–Trinajstić information content (AvgIpc) is 2.55. The standard InChI is InChI=1S/C18H18ClNO3/c1-12-5-3-4-6-15(12)18(22)20-16(11-17(21)23-2)13-7-9-14(19)10-8-13/h3-10,16H,11H2,1-2H3,(H,20,22). The number of nitrogens with one attached hydrogen (secondary N) is 1. The molecule has 2 aromatic rings. The molecular formula is C18H18ClNO3. The van der Waals surface area contributed by atoms with Crippen molar-refractivity contribution in [3.8, 4) is 0 Å². The topological polar surface area (TPSA) is 55.4 Å². The fourth-order valence-corrected chi connectivity index (χ4v) is 2.39. The molecule has 1 atom stereocenters. The van der Waals surface area contributed by atoms with Crippen molar-refractivity contribution in [1.29, 1.82) is 0 Å². The number of halogens is 1. The number of rotatable bonds is 5. The largest absolute Gasteiger partial charge is 0.469 e. The van der Waals surface area contributed by atoms with Gasteiger partial charge in [-0.15, -0.1) is 0 Å². The van der Waals surface area contributed by atoms with Gasteiger partial charge in [0.1, 0.15) is 0 Å². The molecule has 2 aromatic carbocycles. The predicted octanol–water partition coefficient (Wildman–Crippen LogP) is 3.68. The van der Waals surface area contributed by atoms with Crippen LogP contribution in [-0.2, 0) is 9.53 Å². The maximum absolute atomic E-state index is 12.5. The summed E-state index contributed by atoms with van der Waals surface area (Å²) in [6, 6.07) is 13.8. The number of aryl methyl sites for hydroxylation is 1. The van der Waals surface area contributed by atoms with Crippen LogP contribution in [0.3, 0.4) is 0 Å². The van der Waals surface area contributed by atoms with Crippen molar-refractivity contribution in [3.63, 3.8) is 0 Å². The lowest BCUT2D eigenvalue weighted by Gasteiger charge is -2.19. The zero-order valence-corrected chi connectivity index (χ0v) is 13.8. The summed E-state index contributed by atoms with van der Waals surface area (Å²) in [6.45, 7) is 1.87. The van der Waals surface area contributed by atoms with Gasteiger partial charge < -0.3 is 10.1 Å². The van der Waals surface area contributed by atoms with Crippen LogP contribution >= 0.6 is 11.6 Å². The fourth-order valence-electron chi connectivity index (χ4n) is 2.26. The maximum atomic E-state index is 12.5. The Morgan fingerprint density at radius 1 is 1.13 bits per heavy atom. The summed E-state index contributed by atoms with van der Waals surface area (Å²) in [6.07, 6.45) is 0.0513. The lowest BCUT2D eigenvalue weighted by Crippen LogP contribution is -2.31. The Morgan fingerprint density at radius 3 is 2.39 bits per heavy atom. The van der Waals surface area contributed by atoms with Gasteiger partial charge in [0.05, 0.1) is 19.6 Å². The Labute approximate surface area is 140 Å². The van der Waals surface area contributed by atoms with Crippen molar-refractivity contribution < 1.29 is 14.3 Å². The van der Waals surface area contributed by atoms with Crippen LogP contribution in [0.1, 0.15) is 33.9 Å². The van der Waals surface area contributed by atoms with E-state index < -0.39 is 12.0 Å². The van der Waals surface area contributed by atoms with Crippen LogP contribution in [0, 0.1) is 6.92 Å². The molecular weight excluding hydrogens is 314 g/mol. The summed E-state index contributed by atoms with van der Waals surface area (Å²) in [5, 5.41) is 3.49. The highest BCUT2D eigenvalue weighted by molar-refractivity contribution is 6.30. The monoisotopic (exact) mass is 331 g/mol. The molecule has 23 heavy (non-hydrogen) atoms. The molecule has 0 aromatic heterocycles. The van der Waals surface area contributed by atoms with Crippen molar-refractivity contribution in [2.45, 2.75) is 19.4 Å². The number of hydrogen-bond donors (Lipinski definition) is 1. The molecule has 0 saturated carbocycles. The van der Waals surface area contributed by atoms with E-state index in [-0.39, 0.29) is 12.3 Å². The number of benzene rings is 2. The maximum Gasteiger partial charge on any atom is 0.307 e. The first-order valence-corrected chi connectivity index (χ1v) is 7.58. The van der Waals surface area contributed by atoms with Crippen LogP contribution < -0.4 is 5.32 Å². The fraction of sp³-hybridized carbons (Fsp3) is 0.222. The van der Waals surface area contributed by atoms with Crippen molar-refractivity contribution in [1.82, 2.24) is 5.32 Å². The molecule has 0 saturated heterocycles. The zero-order chi connectivity index (χ0) is 16.8. The second kappa shape index (κ2) is 7.79. The SMILES string of the molecule is COC(=O)CC(NC(=O)c1ccccc1C)c1ccc(Cl)cc1. The van der Waals surface area contributed by atoms with Crippen molar-refractivity contribution in [3.05, 3.63) is 70.2 Å². The van der Waals surface area contributed by atoms with Crippen LogP contribution in [0.15, 0.2) is 48.5 Å². The van der Waals surface area contributed by atoms with E-state index in [2.05, 4.69) is 5.32 Å². The number of esters is 1. The first kappa shape index (κ1) is 17.0. The number of ether oxygens (including phenoxy) is 1. The van der Waals surface area contributed by atoms with E-state index in [0.717, 1.165) is 11.1 Å². The Kier molecular flexibility index (Phi) is 5.77. The second-order valence-corrected chi connectivity index (χ2v) is 5.61. The highest BCUT2D eigenvalue weighted by atomic mass is 35.5. The average molecular weight is 332 g/mol. The smallest absolute Gasteiger partial charge is 0.307 e. The van der Waals surface area contributed by atoms with Gasteiger partial charge in [0, 0.05) is 10.6 Å². The molecule has 2 rings (SSSR count). The normalized spacial score (nSPS) is 11.6. The van der Waals surface area contributed by atoms with Gasteiger partial charge in [0.2, 0.25) is 0 Å². The second-order valence-electron chi connectivity index (χ2n) is 5.17.